The molecule has 7 heteroatoms. The number of nitrogens with zero attached hydrogens (tertiary/aromatic N) is 2. The van der Waals surface area contributed by atoms with Crippen molar-refractivity contribution in [2.45, 2.75) is 19.4 Å². The van der Waals surface area contributed by atoms with Crippen molar-refractivity contribution in [3.8, 4) is 0 Å². The number of carbonyl (C=O) groups excluding carboxylic acids is 2. The number of halogens is 2. The normalized spacial score (nSPS) is 15.1. The summed E-state index contributed by atoms with van der Waals surface area (Å²) in [5.41, 5.74) is 1.60. The van der Waals surface area contributed by atoms with Crippen LogP contribution >= 0.6 is 0 Å². The van der Waals surface area contributed by atoms with Crippen LogP contribution in [0.2, 0.25) is 0 Å². The first kappa shape index (κ1) is 18.7. The zero-order valence-electron chi connectivity index (χ0n) is 15.5. The number of nitrogens with one attached hydrogen (secondary N) is 1. The predicted molar refractivity (Wildman–Crippen MR) is 105 cm³/mol. The van der Waals surface area contributed by atoms with Crippen molar-refractivity contribution in [2.75, 3.05) is 10.2 Å². The van der Waals surface area contributed by atoms with Gasteiger partial charge in [0.05, 0.1) is 11.1 Å². The molecule has 5 nitrogen and oxygen atoms in total. The Kier molecular flexibility index (Phi) is 4.80. The zero-order valence-corrected chi connectivity index (χ0v) is 15.5. The fourth-order valence-corrected chi connectivity index (χ4v) is 3.50. The maximum absolute atomic E-state index is 13.8. The largest absolute Gasteiger partial charge is 0.317 e. The molecule has 0 fully saturated rings. The van der Waals surface area contributed by atoms with Gasteiger partial charge in [0.2, 0.25) is 0 Å². The van der Waals surface area contributed by atoms with Crippen molar-refractivity contribution >= 4 is 23.2 Å². The number of anilines is 2. The van der Waals surface area contributed by atoms with Gasteiger partial charge < -0.3 is 10.2 Å². The lowest BCUT2D eigenvalue weighted by atomic mass is 10.1. The molecular weight excluding hydrogens is 376 g/mol. The van der Waals surface area contributed by atoms with Gasteiger partial charge in [-0.05, 0) is 43.2 Å². The topological polar surface area (TPSA) is 62.3 Å². The van der Waals surface area contributed by atoms with Gasteiger partial charge in [0, 0.05) is 24.1 Å². The van der Waals surface area contributed by atoms with Crippen LogP contribution in [0.1, 0.15) is 33.2 Å². The molecule has 29 heavy (non-hydrogen) atoms. The monoisotopic (exact) mass is 393 g/mol. The van der Waals surface area contributed by atoms with Crippen LogP contribution in [-0.2, 0) is 6.42 Å². The lowest BCUT2D eigenvalue weighted by Crippen LogP contribution is -2.36. The molecule has 0 aliphatic carbocycles. The molecular formula is C22H17F2N3O2. The van der Waals surface area contributed by atoms with Gasteiger partial charge in [-0.25, -0.2) is 8.78 Å². The molecule has 146 valence electrons. The maximum Gasteiger partial charge on any atom is 0.260 e. The van der Waals surface area contributed by atoms with Gasteiger partial charge >= 0.3 is 0 Å². The standard InChI is InChI=1S/C22H17F2N3O2/c1-13-9-14-5-2-3-8-19(14)27(13)22(29)16-10-15(11-25-12-16)21(28)26-20-17(23)6-4-7-18(20)24/h2-8,10-13H,9H2,1H3,(H,26,28). The second-order valence-electron chi connectivity index (χ2n) is 6.87. The molecule has 1 aliphatic heterocycles. The summed E-state index contributed by atoms with van der Waals surface area (Å²) in [5.74, 6) is -2.82. The van der Waals surface area contributed by atoms with E-state index in [-0.39, 0.29) is 23.1 Å². The lowest BCUT2D eigenvalue weighted by molar-refractivity contribution is 0.0981. The van der Waals surface area contributed by atoms with Crippen LogP contribution in [0, 0.1) is 11.6 Å². The fraction of sp³-hybridized carbons (Fsp3) is 0.136. The number of carbonyl (C=O) groups is 2. The Bertz CT molecular complexity index is 1100. The second kappa shape index (κ2) is 7.43. The molecule has 2 aromatic carbocycles. The number of pyridine rings is 1. The van der Waals surface area contributed by atoms with Gasteiger partial charge in [-0.1, -0.05) is 24.3 Å². The Hall–Kier alpha value is -3.61. The van der Waals surface area contributed by atoms with E-state index in [0.29, 0.717) is 0 Å². The zero-order chi connectivity index (χ0) is 20.5. The summed E-state index contributed by atoms with van der Waals surface area (Å²) < 4.78 is 27.6. The molecule has 0 radical (unpaired) electrons. The molecule has 0 saturated carbocycles. The number of rotatable bonds is 3. The summed E-state index contributed by atoms with van der Waals surface area (Å²) in [7, 11) is 0. The van der Waals surface area contributed by atoms with Crippen LogP contribution in [0.25, 0.3) is 0 Å². The minimum Gasteiger partial charge on any atom is -0.317 e. The average molecular weight is 393 g/mol. The highest BCUT2D eigenvalue weighted by Gasteiger charge is 2.31. The van der Waals surface area contributed by atoms with E-state index in [9.17, 15) is 18.4 Å². The summed E-state index contributed by atoms with van der Waals surface area (Å²) in [5, 5.41) is 2.20. The van der Waals surface area contributed by atoms with Gasteiger partial charge in [-0.3, -0.25) is 14.6 Å². The quantitative estimate of drug-likeness (QED) is 0.725. The molecule has 1 atom stereocenters. The van der Waals surface area contributed by atoms with Crippen LogP contribution in [0.3, 0.4) is 0 Å². The summed E-state index contributed by atoms with van der Waals surface area (Å²) in [6.45, 7) is 1.95. The molecule has 0 spiro atoms. The Balaban J connectivity index is 1.61. The second-order valence-corrected chi connectivity index (χ2v) is 6.87. The third-order valence-electron chi connectivity index (χ3n) is 4.87. The molecule has 1 aromatic heterocycles. The number of hydrogen-bond donors (Lipinski definition) is 1. The van der Waals surface area contributed by atoms with E-state index in [4.69, 9.17) is 0 Å². The number of benzene rings is 2. The van der Waals surface area contributed by atoms with E-state index in [1.807, 2.05) is 31.2 Å². The van der Waals surface area contributed by atoms with Crippen LogP contribution < -0.4 is 10.2 Å². The van der Waals surface area contributed by atoms with Crippen molar-refractivity contribution in [3.05, 3.63) is 89.2 Å². The minimum absolute atomic E-state index is 0.0265. The highest BCUT2D eigenvalue weighted by Crippen LogP contribution is 2.33. The molecule has 2 heterocycles. The van der Waals surface area contributed by atoms with Crippen LogP contribution in [0.5, 0.6) is 0 Å². The molecule has 1 unspecified atom stereocenters. The van der Waals surface area contributed by atoms with Crippen molar-refractivity contribution in [1.82, 2.24) is 4.98 Å². The van der Waals surface area contributed by atoms with Gasteiger partial charge in [0.15, 0.2) is 0 Å². The number of aromatic nitrogens is 1. The molecule has 1 N–H and O–H groups in total. The summed E-state index contributed by atoms with van der Waals surface area (Å²) in [4.78, 5) is 31.2. The number of fused-ring (bicyclic) bond motifs is 1. The summed E-state index contributed by atoms with van der Waals surface area (Å²) in [6, 6.07) is 12.3. The Labute approximate surface area is 166 Å². The Morgan fingerprint density at radius 2 is 1.72 bits per heavy atom. The Morgan fingerprint density at radius 3 is 2.48 bits per heavy atom. The summed E-state index contributed by atoms with van der Waals surface area (Å²) >= 11 is 0. The first-order chi connectivity index (χ1) is 14.0. The molecule has 1 aliphatic rings. The maximum atomic E-state index is 13.8. The van der Waals surface area contributed by atoms with Gasteiger partial charge in [0.25, 0.3) is 11.8 Å². The van der Waals surface area contributed by atoms with E-state index in [1.165, 1.54) is 24.5 Å². The van der Waals surface area contributed by atoms with Crippen molar-refractivity contribution in [2.24, 2.45) is 0 Å². The number of hydrogen-bond acceptors (Lipinski definition) is 3. The van der Waals surface area contributed by atoms with Gasteiger partial charge in [0.1, 0.15) is 17.3 Å². The van der Waals surface area contributed by atoms with E-state index in [2.05, 4.69) is 10.3 Å². The average Bonchev–Trinajstić information content (AvgIpc) is 3.06. The summed E-state index contributed by atoms with van der Waals surface area (Å²) in [6.07, 6.45) is 3.35. The molecule has 3 aromatic rings. The predicted octanol–water partition coefficient (Wildman–Crippen LogP) is 4.20. The fourth-order valence-electron chi connectivity index (χ4n) is 3.50. The highest BCUT2D eigenvalue weighted by molar-refractivity contribution is 6.10. The van der Waals surface area contributed by atoms with E-state index >= 15 is 0 Å². The number of amides is 2. The molecule has 2 amide bonds. The first-order valence-corrected chi connectivity index (χ1v) is 9.07. The first-order valence-electron chi connectivity index (χ1n) is 9.07. The third kappa shape index (κ3) is 3.47. The van der Waals surface area contributed by atoms with E-state index in [0.717, 1.165) is 29.8 Å². The molecule has 0 bridgehead atoms. The van der Waals surface area contributed by atoms with Gasteiger partial charge in [-0.15, -0.1) is 0 Å². The Morgan fingerprint density at radius 1 is 1.03 bits per heavy atom. The SMILES string of the molecule is CC1Cc2ccccc2N1C(=O)c1cncc(C(=O)Nc2c(F)cccc2F)c1. The molecule has 0 saturated heterocycles. The molecule has 4 rings (SSSR count). The lowest BCUT2D eigenvalue weighted by Gasteiger charge is -2.22. The van der Waals surface area contributed by atoms with Crippen molar-refractivity contribution in [1.29, 1.82) is 0 Å². The van der Waals surface area contributed by atoms with E-state index in [1.54, 1.807) is 4.90 Å². The van der Waals surface area contributed by atoms with Gasteiger partial charge in [-0.2, -0.15) is 0 Å². The van der Waals surface area contributed by atoms with E-state index < -0.39 is 23.2 Å². The smallest absolute Gasteiger partial charge is 0.260 e. The van der Waals surface area contributed by atoms with Crippen LogP contribution in [0.15, 0.2) is 60.9 Å². The van der Waals surface area contributed by atoms with Crippen LogP contribution in [0.4, 0.5) is 20.2 Å². The van der Waals surface area contributed by atoms with Crippen molar-refractivity contribution in [3.63, 3.8) is 0 Å². The number of para-hydroxylation sites is 2. The van der Waals surface area contributed by atoms with Crippen molar-refractivity contribution < 1.29 is 18.4 Å². The third-order valence-corrected chi connectivity index (χ3v) is 4.87. The minimum atomic E-state index is -0.888. The highest BCUT2D eigenvalue weighted by atomic mass is 19.1. The van der Waals surface area contributed by atoms with Crippen LogP contribution in [-0.4, -0.2) is 22.8 Å².